The van der Waals surface area contributed by atoms with Crippen molar-refractivity contribution < 1.29 is 14.5 Å². The van der Waals surface area contributed by atoms with Crippen LogP contribution in [0.5, 0.6) is 5.88 Å². The van der Waals surface area contributed by atoms with Gasteiger partial charge < -0.3 is 25.5 Å². The topological polar surface area (TPSA) is 137 Å². The summed E-state index contributed by atoms with van der Waals surface area (Å²) in [6.45, 7) is 7.18. The Morgan fingerprint density at radius 1 is 1.34 bits per heavy atom. The molecule has 10 heteroatoms. The highest BCUT2D eigenvalue weighted by atomic mass is 16.6. The van der Waals surface area contributed by atoms with E-state index in [9.17, 15) is 5.11 Å². The summed E-state index contributed by atoms with van der Waals surface area (Å²) in [7, 11) is 0. The molecule has 3 aromatic rings. The number of ether oxygens (including phenoxy) is 1. The maximum atomic E-state index is 10.2. The van der Waals surface area contributed by atoms with Gasteiger partial charge in [0, 0.05) is 25.2 Å². The first-order valence-electron chi connectivity index (χ1n) is 11.8. The fraction of sp³-hybridized carbons (Fsp3) is 0.440. The predicted molar refractivity (Wildman–Crippen MR) is 131 cm³/mol. The monoisotopic (exact) mass is 475 g/mol. The van der Waals surface area contributed by atoms with Crippen LogP contribution in [0.3, 0.4) is 0 Å². The molecule has 10 nitrogen and oxygen atoms in total. The Kier molecular flexibility index (Phi) is 6.05. The molecular weight excluding hydrogens is 446 g/mol. The van der Waals surface area contributed by atoms with Crippen molar-refractivity contribution in [3.63, 3.8) is 0 Å². The maximum absolute atomic E-state index is 10.2. The second-order valence-corrected chi connectivity index (χ2v) is 9.33. The van der Waals surface area contributed by atoms with Crippen LogP contribution in [0.1, 0.15) is 45.7 Å². The summed E-state index contributed by atoms with van der Waals surface area (Å²) in [6.07, 6.45) is 7.65. The van der Waals surface area contributed by atoms with Crippen molar-refractivity contribution in [2.24, 2.45) is 0 Å². The van der Waals surface area contributed by atoms with Gasteiger partial charge >= 0.3 is 0 Å². The lowest BCUT2D eigenvalue weighted by Crippen LogP contribution is -2.40. The highest BCUT2D eigenvalue weighted by molar-refractivity contribution is 5.86. The van der Waals surface area contributed by atoms with Gasteiger partial charge in [-0.1, -0.05) is 23.6 Å². The molecule has 0 saturated heterocycles. The number of fused-ring (bicyclic) bond motifs is 1. The number of hydrogen-bond donors (Lipinski definition) is 3. The van der Waals surface area contributed by atoms with Crippen molar-refractivity contribution >= 4 is 16.9 Å². The SMILES string of the molecule is CCn1c(-c2nonc2N)nc2c(C#CC(C)(C)O)nc(OC[C@@H]3CC4=C(CCC=C4)CN3)cc21. The van der Waals surface area contributed by atoms with Crippen LogP contribution in [0.25, 0.3) is 22.6 Å². The van der Waals surface area contributed by atoms with Gasteiger partial charge in [-0.2, -0.15) is 0 Å². The molecule has 0 fully saturated rings. The van der Waals surface area contributed by atoms with Crippen LogP contribution in [-0.2, 0) is 6.54 Å². The van der Waals surface area contributed by atoms with Crippen LogP contribution in [0.15, 0.2) is 34.0 Å². The van der Waals surface area contributed by atoms with Crippen LogP contribution >= 0.6 is 0 Å². The van der Waals surface area contributed by atoms with Crippen molar-refractivity contribution in [1.82, 2.24) is 30.2 Å². The normalized spacial score (nSPS) is 17.9. The third-order valence-electron chi connectivity index (χ3n) is 6.13. The zero-order valence-corrected chi connectivity index (χ0v) is 20.1. The summed E-state index contributed by atoms with van der Waals surface area (Å²) in [5.74, 6) is 6.90. The number of aliphatic hydroxyl groups is 1. The number of nitrogens with one attached hydrogen (secondary N) is 1. The molecule has 1 aliphatic heterocycles. The predicted octanol–water partition coefficient (Wildman–Crippen LogP) is 2.59. The average Bonchev–Trinajstić information content (AvgIpc) is 3.43. The number of nitrogen functional groups attached to an aromatic ring is 1. The number of hydrogen-bond acceptors (Lipinski definition) is 9. The number of allylic oxidation sites excluding steroid dienone is 2. The van der Waals surface area contributed by atoms with E-state index in [2.05, 4.69) is 44.6 Å². The lowest BCUT2D eigenvalue weighted by Gasteiger charge is -2.29. The van der Waals surface area contributed by atoms with E-state index in [1.807, 2.05) is 17.6 Å². The van der Waals surface area contributed by atoms with Crippen molar-refractivity contribution in [2.75, 3.05) is 18.9 Å². The van der Waals surface area contributed by atoms with Gasteiger partial charge in [0.2, 0.25) is 5.88 Å². The molecule has 5 rings (SSSR count). The van der Waals surface area contributed by atoms with Gasteiger partial charge in [-0.25, -0.2) is 14.6 Å². The second-order valence-electron chi connectivity index (χ2n) is 9.33. The summed E-state index contributed by atoms with van der Waals surface area (Å²) in [5, 5.41) is 21.3. The Bertz CT molecular complexity index is 1380. The number of imidazole rings is 1. The molecule has 4 heterocycles. The third kappa shape index (κ3) is 4.78. The molecule has 1 aliphatic carbocycles. The van der Waals surface area contributed by atoms with Gasteiger partial charge in [0.05, 0.1) is 5.52 Å². The standard InChI is InChI=1S/C25H29N7O3/c1-4-32-19-12-20(34-14-17-11-15-7-5-6-8-16(15)13-27-17)28-18(9-10-25(2,3)33)21(19)29-24(32)22-23(26)31-35-30-22/h5,7,12,17,27,33H,4,6,8,11,13-14H2,1-3H3,(H2,26,31)/t17-/m0/s1. The molecule has 0 radical (unpaired) electrons. The zero-order chi connectivity index (χ0) is 24.6. The first-order valence-corrected chi connectivity index (χ1v) is 11.8. The quantitative estimate of drug-likeness (QED) is 0.475. The van der Waals surface area contributed by atoms with E-state index in [1.54, 1.807) is 13.8 Å². The Hall–Kier alpha value is -3.68. The highest BCUT2D eigenvalue weighted by Gasteiger charge is 2.24. The first-order chi connectivity index (χ1) is 16.8. The lowest BCUT2D eigenvalue weighted by atomic mass is 9.90. The molecule has 35 heavy (non-hydrogen) atoms. The molecule has 0 aromatic carbocycles. The van der Waals surface area contributed by atoms with E-state index in [0.717, 1.165) is 31.3 Å². The van der Waals surface area contributed by atoms with E-state index in [4.69, 9.17) is 20.1 Å². The van der Waals surface area contributed by atoms with Gasteiger partial charge in [-0.15, -0.1) is 0 Å². The number of pyridine rings is 1. The third-order valence-corrected chi connectivity index (χ3v) is 6.13. The molecule has 3 aromatic heterocycles. The molecule has 4 N–H and O–H groups in total. The summed E-state index contributed by atoms with van der Waals surface area (Å²) in [5.41, 5.74) is 9.74. The van der Waals surface area contributed by atoms with Crippen LogP contribution in [-0.4, -0.2) is 54.7 Å². The van der Waals surface area contributed by atoms with Gasteiger partial charge in [0.1, 0.15) is 23.4 Å². The molecule has 0 bridgehead atoms. The van der Waals surface area contributed by atoms with E-state index < -0.39 is 5.60 Å². The summed E-state index contributed by atoms with van der Waals surface area (Å²) < 4.78 is 12.9. The van der Waals surface area contributed by atoms with Crippen LogP contribution in [0.2, 0.25) is 0 Å². The Balaban J connectivity index is 1.50. The van der Waals surface area contributed by atoms with E-state index >= 15 is 0 Å². The van der Waals surface area contributed by atoms with Gasteiger partial charge in [0.25, 0.3) is 0 Å². The fourth-order valence-electron chi connectivity index (χ4n) is 4.41. The van der Waals surface area contributed by atoms with Crippen molar-refractivity contribution in [3.8, 4) is 29.2 Å². The van der Waals surface area contributed by atoms with Crippen molar-refractivity contribution in [1.29, 1.82) is 0 Å². The number of aryl methyl sites for hydroxylation is 1. The minimum atomic E-state index is -1.19. The molecule has 0 spiro atoms. The molecule has 0 saturated carbocycles. The number of anilines is 1. The van der Waals surface area contributed by atoms with Crippen LogP contribution < -0.4 is 15.8 Å². The molecular formula is C25H29N7O3. The Morgan fingerprint density at radius 3 is 2.94 bits per heavy atom. The number of rotatable bonds is 5. The summed E-state index contributed by atoms with van der Waals surface area (Å²) in [6, 6.07) is 2.04. The van der Waals surface area contributed by atoms with Crippen LogP contribution in [0.4, 0.5) is 5.82 Å². The largest absolute Gasteiger partial charge is 0.476 e. The minimum absolute atomic E-state index is 0.150. The fourth-order valence-corrected chi connectivity index (χ4v) is 4.41. The first kappa shape index (κ1) is 23.1. The van der Waals surface area contributed by atoms with Gasteiger partial charge in [0.15, 0.2) is 17.3 Å². The number of nitrogens with two attached hydrogens (primary N) is 1. The smallest absolute Gasteiger partial charge is 0.216 e. The zero-order valence-electron chi connectivity index (χ0n) is 20.1. The summed E-state index contributed by atoms with van der Waals surface area (Å²) in [4.78, 5) is 9.35. The molecule has 0 amide bonds. The maximum Gasteiger partial charge on any atom is 0.216 e. The lowest BCUT2D eigenvalue weighted by molar-refractivity contribution is 0.143. The van der Waals surface area contributed by atoms with E-state index in [0.29, 0.717) is 41.8 Å². The number of aromatic nitrogens is 5. The van der Waals surface area contributed by atoms with Crippen molar-refractivity contribution in [3.05, 3.63) is 35.1 Å². The van der Waals surface area contributed by atoms with Gasteiger partial charge in [-0.3, -0.25) is 0 Å². The Morgan fingerprint density at radius 2 is 2.20 bits per heavy atom. The molecule has 2 aliphatic rings. The minimum Gasteiger partial charge on any atom is -0.476 e. The average molecular weight is 476 g/mol. The van der Waals surface area contributed by atoms with E-state index in [1.165, 1.54) is 11.1 Å². The van der Waals surface area contributed by atoms with Crippen molar-refractivity contribution in [2.45, 2.75) is 58.2 Å². The van der Waals surface area contributed by atoms with Crippen LogP contribution in [0, 0.1) is 11.8 Å². The molecule has 182 valence electrons. The number of nitrogens with zero attached hydrogens (tertiary/aromatic N) is 5. The second kappa shape index (κ2) is 9.17. The molecule has 0 unspecified atom stereocenters. The molecule has 1 atom stereocenters. The highest BCUT2D eigenvalue weighted by Crippen LogP contribution is 2.30. The Labute approximate surface area is 203 Å². The summed E-state index contributed by atoms with van der Waals surface area (Å²) >= 11 is 0. The van der Waals surface area contributed by atoms with E-state index in [-0.39, 0.29) is 11.9 Å². The van der Waals surface area contributed by atoms with Gasteiger partial charge in [-0.05, 0) is 61.8 Å².